The van der Waals surface area contributed by atoms with Gasteiger partial charge >= 0.3 is 5.97 Å². The van der Waals surface area contributed by atoms with Crippen molar-refractivity contribution < 1.29 is 14.6 Å². The predicted octanol–water partition coefficient (Wildman–Crippen LogP) is 2.27. The smallest absolute Gasteiger partial charge is 0.309 e. The Balaban J connectivity index is 2.64. The summed E-state index contributed by atoms with van der Waals surface area (Å²) in [4.78, 5) is 11.0. The highest BCUT2D eigenvalue weighted by molar-refractivity contribution is 5.70. The standard InChI is InChI=1S/C13H18O3/c1-3-16-9-12(13(14)15)8-11-6-4-5-10(2)7-11/h4-7,12H,3,8-9H2,1-2H3,(H,14,15). The average Bonchev–Trinajstić information content (AvgIpc) is 2.24. The first-order chi connectivity index (χ1) is 7.63. The van der Waals surface area contributed by atoms with Crippen molar-refractivity contribution in [3.8, 4) is 0 Å². The molecule has 3 heteroatoms. The molecule has 16 heavy (non-hydrogen) atoms. The third-order valence-electron chi connectivity index (χ3n) is 2.44. The van der Waals surface area contributed by atoms with Crippen LogP contribution in [0.15, 0.2) is 24.3 Å². The van der Waals surface area contributed by atoms with Crippen molar-refractivity contribution in [1.82, 2.24) is 0 Å². The maximum Gasteiger partial charge on any atom is 0.309 e. The van der Waals surface area contributed by atoms with Gasteiger partial charge < -0.3 is 9.84 Å². The number of rotatable bonds is 6. The zero-order valence-electron chi connectivity index (χ0n) is 9.77. The van der Waals surface area contributed by atoms with E-state index in [1.165, 1.54) is 0 Å². The van der Waals surface area contributed by atoms with Gasteiger partial charge in [-0.25, -0.2) is 0 Å². The average molecular weight is 222 g/mol. The molecule has 0 radical (unpaired) electrons. The van der Waals surface area contributed by atoms with Crippen molar-refractivity contribution in [1.29, 1.82) is 0 Å². The summed E-state index contributed by atoms with van der Waals surface area (Å²) in [5, 5.41) is 9.05. The lowest BCUT2D eigenvalue weighted by atomic mass is 9.99. The molecule has 1 aromatic rings. The molecule has 3 nitrogen and oxygen atoms in total. The second-order valence-electron chi connectivity index (χ2n) is 3.89. The Labute approximate surface area is 96.1 Å². The van der Waals surface area contributed by atoms with Gasteiger partial charge in [0.2, 0.25) is 0 Å². The van der Waals surface area contributed by atoms with Crippen molar-refractivity contribution in [2.24, 2.45) is 5.92 Å². The van der Waals surface area contributed by atoms with Crippen LogP contribution in [-0.2, 0) is 16.0 Å². The molecular formula is C13H18O3. The lowest BCUT2D eigenvalue weighted by Crippen LogP contribution is -2.22. The number of hydrogen-bond acceptors (Lipinski definition) is 2. The number of hydrogen-bond donors (Lipinski definition) is 1. The summed E-state index contributed by atoms with van der Waals surface area (Å²) in [7, 11) is 0. The van der Waals surface area contributed by atoms with Crippen molar-refractivity contribution in [2.75, 3.05) is 13.2 Å². The zero-order chi connectivity index (χ0) is 12.0. The van der Waals surface area contributed by atoms with Crippen LogP contribution >= 0.6 is 0 Å². The van der Waals surface area contributed by atoms with Crippen LogP contribution in [0.5, 0.6) is 0 Å². The van der Waals surface area contributed by atoms with E-state index in [1.54, 1.807) is 0 Å². The number of carbonyl (C=O) groups is 1. The first kappa shape index (κ1) is 12.7. The maximum atomic E-state index is 11.0. The topological polar surface area (TPSA) is 46.5 Å². The minimum absolute atomic E-state index is 0.278. The summed E-state index contributed by atoms with van der Waals surface area (Å²) >= 11 is 0. The van der Waals surface area contributed by atoms with Crippen LogP contribution in [0.1, 0.15) is 18.1 Å². The summed E-state index contributed by atoms with van der Waals surface area (Å²) in [6.07, 6.45) is 0.525. The molecule has 1 unspecified atom stereocenters. The van der Waals surface area contributed by atoms with Crippen molar-refractivity contribution in [2.45, 2.75) is 20.3 Å². The summed E-state index contributed by atoms with van der Waals surface area (Å²) < 4.78 is 5.18. The first-order valence-electron chi connectivity index (χ1n) is 5.49. The summed E-state index contributed by atoms with van der Waals surface area (Å²) in [6, 6.07) is 7.92. The highest BCUT2D eigenvalue weighted by atomic mass is 16.5. The normalized spacial score (nSPS) is 12.4. The van der Waals surface area contributed by atoms with Crippen LogP contribution in [0.3, 0.4) is 0 Å². The SMILES string of the molecule is CCOCC(Cc1cccc(C)c1)C(=O)O. The second-order valence-corrected chi connectivity index (χ2v) is 3.89. The van der Waals surface area contributed by atoms with Crippen LogP contribution in [0.4, 0.5) is 0 Å². The van der Waals surface area contributed by atoms with Gasteiger partial charge in [0.05, 0.1) is 12.5 Å². The molecule has 1 N–H and O–H groups in total. The molecule has 0 heterocycles. The number of aliphatic carboxylic acids is 1. The number of benzene rings is 1. The summed E-state index contributed by atoms with van der Waals surface area (Å²) in [5.41, 5.74) is 2.20. The minimum atomic E-state index is -0.796. The van der Waals surface area contributed by atoms with Crippen LogP contribution in [0, 0.1) is 12.8 Å². The fraction of sp³-hybridized carbons (Fsp3) is 0.462. The van der Waals surface area contributed by atoms with Gasteiger partial charge in [0, 0.05) is 6.61 Å². The molecule has 0 amide bonds. The highest BCUT2D eigenvalue weighted by Crippen LogP contribution is 2.11. The maximum absolute atomic E-state index is 11.0. The van der Waals surface area contributed by atoms with Crippen LogP contribution < -0.4 is 0 Å². The molecule has 1 rings (SSSR count). The van der Waals surface area contributed by atoms with Gasteiger partial charge in [-0.15, -0.1) is 0 Å². The Morgan fingerprint density at radius 3 is 2.81 bits per heavy atom. The largest absolute Gasteiger partial charge is 0.481 e. The molecule has 0 aliphatic carbocycles. The molecular weight excluding hydrogens is 204 g/mol. The molecule has 0 spiro atoms. The van der Waals surface area contributed by atoms with Gasteiger partial charge in [-0.3, -0.25) is 4.79 Å². The summed E-state index contributed by atoms with van der Waals surface area (Å²) in [5.74, 6) is -1.25. The van der Waals surface area contributed by atoms with E-state index in [2.05, 4.69) is 0 Å². The monoisotopic (exact) mass is 222 g/mol. The lowest BCUT2D eigenvalue weighted by molar-refractivity contribution is -0.143. The van der Waals surface area contributed by atoms with E-state index in [0.717, 1.165) is 11.1 Å². The van der Waals surface area contributed by atoms with E-state index >= 15 is 0 Å². The van der Waals surface area contributed by atoms with Crippen molar-refractivity contribution >= 4 is 5.97 Å². The van der Waals surface area contributed by atoms with E-state index in [9.17, 15) is 4.79 Å². The number of aryl methyl sites for hydroxylation is 1. The van der Waals surface area contributed by atoms with Crippen LogP contribution in [-0.4, -0.2) is 24.3 Å². The Bertz CT molecular complexity index is 347. The van der Waals surface area contributed by atoms with Crippen molar-refractivity contribution in [3.05, 3.63) is 35.4 Å². The van der Waals surface area contributed by atoms with Gasteiger partial charge in [0.1, 0.15) is 0 Å². The van der Waals surface area contributed by atoms with E-state index in [0.29, 0.717) is 13.0 Å². The number of carboxylic acids is 1. The molecule has 0 aromatic heterocycles. The highest BCUT2D eigenvalue weighted by Gasteiger charge is 2.17. The molecule has 88 valence electrons. The Kier molecular flexibility index (Phi) is 4.99. The molecule has 0 saturated heterocycles. The molecule has 1 aromatic carbocycles. The van der Waals surface area contributed by atoms with Crippen molar-refractivity contribution in [3.63, 3.8) is 0 Å². The second kappa shape index (κ2) is 6.28. The quantitative estimate of drug-likeness (QED) is 0.803. The molecule has 0 fully saturated rings. The van der Waals surface area contributed by atoms with E-state index in [4.69, 9.17) is 9.84 Å². The predicted molar refractivity (Wildman–Crippen MR) is 62.5 cm³/mol. The van der Waals surface area contributed by atoms with E-state index in [-0.39, 0.29) is 6.61 Å². The third-order valence-corrected chi connectivity index (χ3v) is 2.44. The zero-order valence-corrected chi connectivity index (χ0v) is 9.77. The molecule has 0 saturated carbocycles. The Hall–Kier alpha value is -1.35. The van der Waals surface area contributed by atoms with Gasteiger partial charge in [-0.2, -0.15) is 0 Å². The fourth-order valence-electron chi connectivity index (χ4n) is 1.60. The lowest BCUT2D eigenvalue weighted by Gasteiger charge is -2.12. The number of carboxylic acid groups (broad SMARTS) is 1. The van der Waals surface area contributed by atoms with Gasteiger partial charge in [-0.1, -0.05) is 29.8 Å². The Morgan fingerprint density at radius 2 is 2.25 bits per heavy atom. The molecule has 0 aliphatic heterocycles. The van der Waals surface area contributed by atoms with E-state index < -0.39 is 11.9 Å². The summed E-state index contributed by atoms with van der Waals surface area (Å²) in [6.45, 7) is 4.70. The van der Waals surface area contributed by atoms with Gasteiger partial charge in [0.15, 0.2) is 0 Å². The third kappa shape index (κ3) is 4.03. The molecule has 1 atom stereocenters. The van der Waals surface area contributed by atoms with Gasteiger partial charge in [-0.05, 0) is 25.8 Å². The minimum Gasteiger partial charge on any atom is -0.481 e. The van der Waals surface area contributed by atoms with Gasteiger partial charge in [0.25, 0.3) is 0 Å². The Morgan fingerprint density at radius 1 is 1.50 bits per heavy atom. The molecule has 0 bridgehead atoms. The number of ether oxygens (including phenoxy) is 1. The fourth-order valence-corrected chi connectivity index (χ4v) is 1.60. The van der Waals surface area contributed by atoms with Crippen LogP contribution in [0.2, 0.25) is 0 Å². The van der Waals surface area contributed by atoms with Crippen LogP contribution in [0.25, 0.3) is 0 Å². The molecule has 0 aliphatic rings. The van der Waals surface area contributed by atoms with E-state index in [1.807, 2.05) is 38.1 Å². The first-order valence-corrected chi connectivity index (χ1v) is 5.49.